The van der Waals surface area contributed by atoms with E-state index in [-0.39, 0.29) is 5.41 Å². The van der Waals surface area contributed by atoms with Gasteiger partial charge in [0.15, 0.2) is 0 Å². The lowest BCUT2D eigenvalue weighted by Gasteiger charge is -2.27. The molecule has 0 amide bonds. The minimum Gasteiger partial charge on any atom is -0.380 e. The summed E-state index contributed by atoms with van der Waals surface area (Å²) < 4.78 is 0. The summed E-state index contributed by atoms with van der Waals surface area (Å²) >= 11 is 0. The van der Waals surface area contributed by atoms with Crippen molar-refractivity contribution in [1.82, 2.24) is 10.2 Å². The summed E-state index contributed by atoms with van der Waals surface area (Å²) in [5, 5.41) is 13.0. The summed E-state index contributed by atoms with van der Waals surface area (Å²) in [7, 11) is 3.85. The van der Waals surface area contributed by atoms with Crippen molar-refractivity contribution in [3.8, 4) is 6.07 Å². The molecule has 0 unspecified atom stereocenters. The van der Waals surface area contributed by atoms with E-state index in [1.54, 1.807) is 6.08 Å². The zero-order valence-electron chi connectivity index (χ0n) is 25.1. The molecule has 4 nitrogen and oxygen atoms in total. The van der Waals surface area contributed by atoms with Gasteiger partial charge in [-0.05, 0) is 70.1 Å². The third kappa shape index (κ3) is 13.7. The minimum absolute atomic E-state index is 0.217. The second-order valence-corrected chi connectivity index (χ2v) is 10.9. The largest absolute Gasteiger partial charge is 0.380 e. The van der Waals surface area contributed by atoms with E-state index in [9.17, 15) is 5.26 Å². The fourth-order valence-corrected chi connectivity index (χ4v) is 3.41. The number of allylic oxidation sites excluding steroid dienone is 7. The number of nitrogens with one attached hydrogen (secondary N) is 1. The highest BCUT2D eigenvalue weighted by Gasteiger charge is 2.25. The van der Waals surface area contributed by atoms with E-state index in [0.717, 1.165) is 18.5 Å². The van der Waals surface area contributed by atoms with E-state index in [1.807, 2.05) is 45.8 Å². The standard InChI is InChI=1S/C29H46N4.C3H6/c1-14-25(16-21(3)23(5)22(4)18-28(7,8)9)19-32-24(6)26(31-15-2)17-27(33(12)13)29(10,11)20-30;1-3-2/h15-17,32H,2,4,6,14,18-19H2,1,3,5,7-13H3;3H,1H2,2H3/b23-21+,25-16+,27-17-,31-26?;. The van der Waals surface area contributed by atoms with E-state index >= 15 is 0 Å². The van der Waals surface area contributed by atoms with E-state index in [1.165, 1.54) is 28.5 Å². The Balaban J connectivity index is 0. The molecule has 0 aromatic carbocycles. The van der Waals surface area contributed by atoms with Crippen molar-refractivity contribution in [2.75, 3.05) is 20.6 Å². The maximum absolute atomic E-state index is 9.60. The van der Waals surface area contributed by atoms with Gasteiger partial charge in [0.25, 0.3) is 0 Å². The summed E-state index contributed by atoms with van der Waals surface area (Å²) in [5.41, 5.74) is 6.71. The van der Waals surface area contributed by atoms with E-state index in [4.69, 9.17) is 0 Å². The second kappa shape index (κ2) is 16.6. The molecule has 0 aliphatic heterocycles. The van der Waals surface area contributed by atoms with Crippen molar-refractivity contribution in [2.45, 2.75) is 75.2 Å². The number of hydrogen-bond acceptors (Lipinski definition) is 4. The highest BCUT2D eigenvalue weighted by molar-refractivity contribution is 6.08. The maximum Gasteiger partial charge on any atom is 0.0914 e. The first-order valence-corrected chi connectivity index (χ1v) is 12.6. The van der Waals surface area contributed by atoms with Crippen molar-refractivity contribution < 1.29 is 0 Å². The predicted octanol–water partition coefficient (Wildman–Crippen LogP) is 8.53. The van der Waals surface area contributed by atoms with Crippen LogP contribution in [0.4, 0.5) is 0 Å². The molecule has 0 aromatic heterocycles. The van der Waals surface area contributed by atoms with Crippen LogP contribution in [-0.4, -0.2) is 31.3 Å². The first-order chi connectivity index (χ1) is 16.5. The second-order valence-electron chi connectivity index (χ2n) is 10.9. The van der Waals surface area contributed by atoms with Gasteiger partial charge in [0.2, 0.25) is 0 Å². The molecule has 0 saturated heterocycles. The number of nitrogens with zero attached hydrogens (tertiary/aromatic N) is 3. The summed E-state index contributed by atoms with van der Waals surface area (Å²) in [4.78, 5) is 6.35. The van der Waals surface area contributed by atoms with Crippen LogP contribution in [0.3, 0.4) is 0 Å². The number of nitriles is 1. The van der Waals surface area contributed by atoms with E-state index in [2.05, 4.69) is 90.3 Å². The van der Waals surface area contributed by atoms with Crippen LogP contribution in [0.25, 0.3) is 0 Å². The molecular weight excluding hydrogens is 440 g/mol. The molecule has 0 aliphatic rings. The maximum atomic E-state index is 9.60. The molecule has 0 spiro atoms. The van der Waals surface area contributed by atoms with Gasteiger partial charge in [-0.25, -0.2) is 0 Å². The zero-order valence-corrected chi connectivity index (χ0v) is 25.1. The molecule has 0 aliphatic carbocycles. The molecule has 0 fully saturated rings. The van der Waals surface area contributed by atoms with Crippen LogP contribution in [0.5, 0.6) is 0 Å². The first kappa shape index (κ1) is 35.1. The van der Waals surface area contributed by atoms with Gasteiger partial charge in [0.1, 0.15) is 0 Å². The fourth-order valence-electron chi connectivity index (χ4n) is 3.41. The molecule has 0 bridgehead atoms. The lowest BCUT2D eigenvalue weighted by atomic mass is 9.85. The summed E-state index contributed by atoms with van der Waals surface area (Å²) in [6, 6.07) is 2.36. The van der Waals surface area contributed by atoms with Crippen LogP contribution in [0.1, 0.15) is 75.2 Å². The Labute approximate surface area is 223 Å². The average molecular weight is 493 g/mol. The zero-order chi connectivity index (χ0) is 28.7. The molecule has 0 saturated carbocycles. The summed E-state index contributed by atoms with van der Waals surface area (Å²) in [6.45, 7) is 35.1. The Bertz CT molecular complexity index is 936. The van der Waals surface area contributed by atoms with Crippen LogP contribution in [-0.2, 0) is 0 Å². The smallest absolute Gasteiger partial charge is 0.0914 e. The third-order valence-corrected chi connectivity index (χ3v) is 5.48. The Morgan fingerprint density at radius 3 is 1.97 bits per heavy atom. The van der Waals surface area contributed by atoms with Gasteiger partial charge >= 0.3 is 0 Å². The van der Waals surface area contributed by atoms with Crippen molar-refractivity contribution in [3.05, 3.63) is 84.4 Å². The molecule has 0 radical (unpaired) electrons. The van der Waals surface area contributed by atoms with Crippen LogP contribution >= 0.6 is 0 Å². The Morgan fingerprint density at radius 2 is 1.58 bits per heavy atom. The van der Waals surface area contributed by atoms with Crippen molar-refractivity contribution in [1.29, 1.82) is 5.26 Å². The normalized spacial score (nSPS) is 13.4. The molecule has 0 rings (SSSR count). The fraction of sp³-hybridized carbons (Fsp3) is 0.500. The van der Waals surface area contributed by atoms with Crippen LogP contribution in [0, 0.1) is 22.2 Å². The number of hydrogen-bond donors (Lipinski definition) is 1. The topological polar surface area (TPSA) is 51.4 Å². The van der Waals surface area contributed by atoms with E-state index < -0.39 is 5.41 Å². The SMILES string of the molecule is C=CC.C=CN=C(/C=C(\N(C)C)C(C)(C)C#N)C(=C)NC/C(=C/C(C)=C(\C)C(=C)CC(C)(C)C)CC. The highest BCUT2D eigenvalue weighted by atomic mass is 15.1. The number of aliphatic imine (C=N–C) groups is 1. The molecule has 1 N–H and O–H groups in total. The van der Waals surface area contributed by atoms with Crippen LogP contribution in [0.2, 0.25) is 0 Å². The van der Waals surface area contributed by atoms with Crippen LogP contribution < -0.4 is 5.32 Å². The minimum atomic E-state index is -0.658. The summed E-state index contributed by atoms with van der Waals surface area (Å²) in [5.74, 6) is 0. The Morgan fingerprint density at radius 1 is 1.06 bits per heavy atom. The number of rotatable bonds is 12. The molecule has 0 aromatic rings. The molecule has 4 heteroatoms. The Kier molecular flexibility index (Phi) is 16.2. The van der Waals surface area contributed by atoms with Gasteiger partial charge in [-0.15, -0.1) is 6.58 Å². The average Bonchev–Trinajstić information content (AvgIpc) is 2.77. The monoisotopic (exact) mass is 492 g/mol. The molecule has 0 heterocycles. The first-order valence-electron chi connectivity index (χ1n) is 12.6. The van der Waals surface area contributed by atoms with Gasteiger partial charge in [0, 0.05) is 32.5 Å². The lowest BCUT2D eigenvalue weighted by Crippen LogP contribution is -2.27. The summed E-state index contributed by atoms with van der Waals surface area (Å²) in [6.07, 6.45) is 9.29. The highest BCUT2D eigenvalue weighted by Crippen LogP contribution is 2.29. The Hall–Kier alpha value is -3.06. The van der Waals surface area contributed by atoms with Gasteiger partial charge in [-0.2, -0.15) is 5.26 Å². The van der Waals surface area contributed by atoms with Crippen LogP contribution in [0.15, 0.2) is 89.4 Å². The van der Waals surface area contributed by atoms with Gasteiger partial charge in [-0.3, -0.25) is 4.99 Å². The van der Waals surface area contributed by atoms with Crippen molar-refractivity contribution in [3.63, 3.8) is 0 Å². The van der Waals surface area contributed by atoms with Gasteiger partial charge < -0.3 is 10.2 Å². The lowest BCUT2D eigenvalue weighted by molar-refractivity contribution is 0.394. The van der Waals surface area contributed by atoms with Gasteiger partial charge in [0.05, 0.1) is 22.9 Å². The molecule has 200 valence electrons. The van der Waals surface area contributed by atoms with E-state index in [0.29, 0.717) is 18.0 Å². The predicted molar refractivity (Wildman–Crippen MR) is 162 cm³/mol. The molecular formula is C32H52N4. The molecule has 0 atom stereocenters. The molecule has 36 heavy (non-hydrogen) atoms. The quantitative estimate of drug-likeness (QED) is 0.169. The third-order valence-electron chi connectivity index (χ3n) is 5.48. The van der Waals surface area contributed by atoms with Crippen molar-refractivity contribution >= 4 is 5.71 Å². The van der Waals surface area contributed by atoms with Gasteiger partial charge in [-0.1, -0.05) is 70.7 Å². The van der Waals surface area contributed by atoms with Crippen molar-refractivity contribution in [2.24, 2.45) is 15.8 Å².